The molecule has 0 saturated carbocycles. The van der Waals surface area contributed by atoms with Gasteiger partial charge in [-0.15, -0.1) is 0 Å². The van der Waals surface area contributed by atoms with Crippen LogP contribution in [0.2, 0.25) is 0 Å². The summed E-state index contributed by atoms with van der Waals surface area (Å²) in [6.45, 7) is 2.14. The van der Waals surface area contributed by atoms with Gasteiger partial charge in [0.2, 0.25) is 0 Å². The molecule has 1 N–H and O–H groups in total. The quantitative estimate of drug-likeness (QED) is 0.821. The molecule has 150 valence electrons. The zero-order valence-electron chi connectivity index (χ0n) is 16.1. The molecule has 4 nitrogen and oxygen atoms in total. The van der Waals surface area contributed by atoms with Gasteiger partial charge in [-0.25, -0.2) is 4.99 Å². The Morgan fingerprint density at radius 1 is 1.14 bits per heavy atom. The summed E-state index contributed by atoms with van der Waals surface area (Å²) in [6, 6.07) is 9.46. The van der Waals surface area contributed by atoms with Gasteiger partial charge in [0.05, 0.1) is 17.9 Å². The predicted molar refractivity (Wildman–Crippen MR) is 106 cm³/mol. The summed E-state index contributed by atoms with van der Waals surface area (Å²) in [5, 5.41) is 3.23. The van der Waals surface area contributed by atoms with Gasteiger partial charge in [-0.1, -0.05) is 18.2 Å². The SMILES string of the molecule is Cc1cc(C(F)(F)F)ccc1C1=CC(=Nc2cccc3c2CC(=O)C3)N(C)CN1. The van der Waals surface area contributed by atoms with E-state index in [-0.39, 0.29) is 5.78 Å². The summed E-state index contributed by atoms with van der Waals surface area (Å²) < 4.78 is 38.9. The maximum atomic E-state index is 13.0. The molecule has 2 aliphatic rings. The first-order valence-corrected chi connectivity index (χ1v) is 9.28. The predicted octanol–water partition coefficient (Wildman–Crippen LogP) is 4.25. The normalized spacial score (nSPS) is 18.0. The summed E-state index contributed by atoms with van der Waals surface area (Å²) in [4.78, 5) is 18.5. The number of carbonyl (C=O) groups is 1. The molecule has 1 aliphatic carbocycles. The van der Waals surface area contributed by atoms with E-state index < -0.39 is 11.7 Å². The average molecular weight is 399 g/mol. The van der Waals surface area contributed by atoms with Crippen LogP contribution in [0, 0.1) is 6.92 Å². The van der Waals surface area contributed by atoms with Crippen LogP contribution in [0.5, 0.6) is 0 Å². The van der Waals surface area contributed by atoms with Crippen molar-refractivity contribution in [3.05, 3.63) is 70.3 Å². The van der Waals surface area contributed by atoms with Gasteiger partial charge in [0.15, 0.2) is 0 Å². The number of alkyl halides is 3. The van der Waals surface area contributed by atoms with E-state index in [0.29, 0.717) is 36.5 Å². The molecule has 29 heavy (non-hydrogen) atoms. The molecule has 7 heteroatoms. The molecular formula is C22H20F3N3O. The van der Waals surface area contributed by atoms with E-state index in [1.165, 1.54) is 6.07 Å². The molecule has 0 amide bonds. The van der Waals surface area contributed by atoms with Crippen molar-refractivity contribution in [2.24, 2.45) is 4.99 Å². The Morgan fingerprint density at radius 3 is 2.66 bits per heavy atom. The lowest BCUT2D eigenvalue weighted by atomic mass is 10.0. The second-order valence-electron chi connectivity index (χ2n) is 7.40. The highest BCUT2D eigenvalue weighted by molar-refractivity contribution is 6.02. The van der Waals surface area contributed by atoms with Crippen molar-refractivity contribution in [1.82, 2.24) is 10.2 Å². The number of Topliss-reactive ketones (excluding diaryl/α,β-unsaturated/α-hetero) is 1. The molecule has 0 bridgehead atoms. The average Bonchev–Trinajstić information content (AvgIpc) is 3.04. The zero-order valence-corrected chi connectivity index (χ0v) is 16.1. The topological polar surface area (TPSA) is 44.7 Å². The van der Waals surface area contributed by atoms with Crippen molar-refractivity contribution in [1.29, 1.82) is 0 Å². The Balaban J connectivity index is 1.72. The Hall–Kier alpha value is -3.09. The first kappa shape index (κ1) is 19.2. The van der Waals surface area contributed by atoms with Gasteiger partial charge in [-0.2, -0.15) is 13.2 Å². The smallest absolute Gasteiger partial charge is 0.367 e. The summed E-state index contributed by atoms with van der Waals surface area (Å²) in [6.07, 6.45) is -1.71. The lowest BCUT2D eigenvalue weighted by Gasteiger charge is -2.28. The lowest BCUT2D eigenvalue weighted by molar-refractivity contribution is -0.137. The van der Waals surface area contributed by atoms with E-state index >= 15 is 0 Å². The summed E-state index contributed by atoms with van der Waals surface area (Å²) in [5.41, 5.74) is 4.02. The van der Waals surface area contributed by atoms with Crippen molar-refractivity contribution < 1.29 is 18.0 Å². The number of carbonyl (C=O) groups excluding carboxylic acids is 1. The Bertz CT molecular complexity index is 1050. The van der Waals surface area contributed by atoms with Crippen LogP contribution in [0.3, 0.4) is 0 Å². The highest BCUT2D eigenvalue weighted by atomic mass is 19.4. The molecular weight excluding hydrogens is 379 g/mol. The van der Waals surface area contributed by atoms with Crippen molar-refractivity contribution in [3.63, 3.8) is 0 Å². The summed E-state index contributed by atoms with van der Waals surface area (Å²) >= 11 is 0. The highest BCUT2D eigenvalue weighted by Gasteiger charge is 2.31. The molecule has 4 rings (SSSR count). The van der Waals surface area contributed by atoms with E-state index in [1.807, 2.05) is 36.2 Å². The number of ketones is 1. The molecule has 0 saturated heterocycles. The van der Waals surface area contributed by atoms with Crippen LogP contribution < -0.4 is 5.32 Å². The maximum Gasteiger partial charge on any atom is 0.416 e. The number of hydrogen-bond acceptors (Lipinski definition) is 3. The number of aliphatic imine (C=N–C) groups is 1. The lowest BCUT2D eigenvalue weighted by Crippen LogP contribution is -2.39. The Morgan fingerprint density at radius 2 is 1.93 bits per heavy atom. The number of likely N-dealkylation sites (N-methyl/N-ethyl adjacent to an activating group) is 1. The fourth-order valence-electron chi connectivity index (χ4n) is 3.70. The number of hydrogen-bond donors (Lipinski definition) is 1. The second kappa shape index (κ2) is 7.06. The van der Waals surface area contributed by atoms with Crippen molar-refractivity contribution in [2.75, 3.05) is 13.7 Å². The molecule has 2 aromatic carbocycles. The Labute approximate surface area is 166 Å². The van der Waals surface area contributed by atoms with Gasteiger partial charge in [0.25, 0.3) is 0 Å². The fourth-order valence-corrected chi connectivity index (χ4v) is 3.70. The van der Waals surface area contributed by atoms with Gasteiger partial charge in [-0.3, -0.25) is 4.79 Å². The summed E-state index contributed by atoms with van der Waals surface area (Å²) in [5.74, 6) is 0.869. The number of aryl methyl sites for hydroxylation is 1. The number of benzene rings is 2. The molecule has 1 aliphatic heterocycles. The van der Waals surface area contributed by atoms with Crippen molar-refractivity contribution in [2.45, 2.75) is 25.9 Å². The van der Waals surface area contributed by atoms with E-state index in [1.54, 1.807) is 6.92 Å². The third kappa shape index (κ3) is 3.77. The molecule has 0 aromatic heterocycles. The number of fused-ring (bicyclic) bond motifs is 1. The van der Waals surface area contributed by atoms with Crippen molar-refractivity contribution >= 4 is 23.0 Å². The van der Waals surface area contributed by atoms with Crippen LogP contribution in [-0.2, 0) is 23.8 Å². The molecule has 0 atom stereocenters. The zero-order chi connectivity index (χ0) is 20.8. The van der Waals surface area contributed by atoms with Crippen LogP contribution in [0.1, 0.15) is 27.8 Å². The van der Waals surface area contributed by atoms with Gasteiger partial charge in [-0.05, 0) is 41.8 Å². The van der Waals surface area contributed by atoms with Gasteiger partial charge < -0.3 is 10.2 Å². The minimum atomic E-state index is -4.37. The van der Waals surface area contributed by atoms with Gasteiger partial charge in [0.1, 0.15) is 11.6 Å². The monoisotopic (exact) mass is 399 g/mol. The molecule has 2 aromatic rings. The molecule has 0 unspecified atom stereocenters. The van der Waals surface area contributed by atoms with Crippen LogP contribution >= 0.6 is 0 Å². The minimum absolute atomic E-state index is 0.183. The largest absolute Gasteiger partial charge is 0.416 e. The Kier molecular flexibility index (Phi) is 4.68. The minimum Gasteiger partial charge on any atom is -0.367 e. The van der Waals surface area contributed by atoms with E-state index in [0.717, 1.165) is 34.6 Å². The van der Waals surface area contributed by atoms with Crippen LogP contribution in [0.25, 0.3) is 5.70 Å². The van der Waals surface area contributed by atoms with Crippen LogP contribution in [0.15, 0.2) is 47.5 Å². The third-order valence-electron chi connectivity index (χ3n) is 5.26. The van der Waals surface area contributed by atoms with Crippen LogP contribution in [0.4, 0.5) is 18.9 Å². The summed E-state index contributed by atoms with van der Waals surface area (Å²) in [7, 11) is 1.88. The number of rotatable bonds is 2. The standard InChI is InChI=1S/C22H20F3N3O/c1-13-8-15(22(23,24)25)6-7-17(13)20-11-21(28(2)12-26-20)27-19-5-3-4-14-9-16(29)10-18(14)19/h3-8,11,26H,9-10,12H2,1-2H3. The van der Waals surface area contributed by atoms with Crippen molar-refractivity contribution in [3.8, 4) is 0 Å². The third-order valence-corrected chi connectivity index (χ3v) is 5.26. The number of nitrogens with one attached hydrogen (secondary N) is 1. The molecule has 1 heterocycles. The van der Waals surface area contributed by atoms with E-state index in [2.05, 4.69) is 5.32 Å². The van der Waals surface area contributed by atoms with E-state index in [4.69, 9.17) is 4.99 Å². The molecule has 0 spiro atoms. The number of amidine groups is 1. The number of nitrogens with zero attached hydrogens (tertiary/aromatic N) is 2. The highest BCUT2D eigenvalue weighted by Crippen LogP contribution is 2.33. The second-order valence-corrected chi connectivity index (χ2v) is 7.40. The van der Waals surface area contributed by atoms with E-state index in [9.17, 15) is 18.0 Å². The number of halogens is 3. The fraction of sp³-hybridized carbons (Fsp3) is 0.273. The van der Waals surface area contributed by atoms with Gasteiger partial charge in [0, 0.05) is 37.2 Å². The van der Waals surface area contributed by atoms with Crippen LogP contribution in [-0.4, -0.2) is 30.2 Å². The first-order valence-electron chi connectivity index (χ1n) is 9.28. The molecule has 0 fully saturated rings. The first-order chi connectivity index (χ1) is 13.7. The van der Waals surface area contributed by atoms with Gasteiger partial charge >= 0.3 is 6.18 Å². The molecule has 0 radical (unpaired) electrons. The maximum absolute atomic E-state index is 13.0.